The van der Waals surface area contributed by atoms with E-state index in [-0.39, 0.29) is 12.0 Å². The normalized spacial score (nSPS) is 11.8. The highest BCUT2D eigenvalue weighted by Gasteiger charge is 2.25. The molecule has 0 aliphatic rings. The van der Waals surface area contributed by atoms with Crippen LogP contribution < -0.4 is 5.32 Å². The Morgan fingerprint density at radius 2 is 1.94 bits per heavy atom. The number of aryl methyl sites for hydroxylation is 2. The number of hydrogen-bond acceptors (Lipinski definition) is 3. The highest BCUT2D eigenvalue weighted by Crippen LogP contribution is 2.27. The quantitative estimate of drug-likeness (QED) is 0.696. The smallest absolute Gasteiger partial charge is 0.0825 e. The van der Waals surface area contributed by atoms with Gasteiger partial charge in [-0.05, 0) is 26.7 Å². The van der Waals surface area contributed by atoms with Crippen molar-refractivity contribution in [2.24, 2.45) is 5.41 Å². The van der Waals surface area contributed by atoms with Gasteiger partial charge in [-0.1, -0.05) is 13.8 Å². The molecule has 0 bridgehead atoms. The van der Waals surface area contributed by atoms with E-state index in [1.54, 1.807) is 0 Å². The summed E-state index contributed by atoms with van der Waals surface area (Å²) in [6.07, 6.45) is 1.95. The number of hydrogen-bond donors (Lipinski definition) is 3. The molecule has 0 spiro atoms. The van der Waals surface area contributed by atoms with E-state index in [2.05, 4.69) is 29.4 Å². The molecular weight excluding hydrogens is 202 g/mol. The van der Waals surface area contributed by atoms with Crippen molar-refractivity contribution in [2.75, 3.05) is 18.5 Å². The Morgan fingerprint density at radius 1 is 1.31 bits per heavy atom. The summed E-state index contributed by atoms with van der Waals surface area (Å²) >= 11 is 0. The fraction of sp³-hybridized carbons (Fsp3) is 0.750. The maximum Gasteiger partial charge on any atom is 0.0825 e. The molecule has 16 heavy (non-hydrogen) atoms. The van der Waals surface area contributed by atoms with Crippen LogP contribution in [0.1, 0.15) is 38.1 Å². The number of aliphatic hydroxyl groups excluding tert-OH is 1. The first kappa shape index (κ1) is 13.0. The maximum atomic E-state index is 9.48. The maximum absolute atomic E-state index is 9.48. The van der Waals surface area contributed by atoms with Gasteiger partial charge >= 0.3 is 0 Å². The van der Waals surface area contributed by atoms with Crippen molar-refractivity contribution in [1.82, 2.24) is 10.2 Å². The van der Waals surface area contributed by atoms with E-state index in [1.165, 1.54) is 0 Å². The molecule has 1 rings (SSSR count). The predicted molar refractivity (Wildman–Crippen MR) is 66.7 cm³/mol. The van der Waals surface area contributed by atoms with Gasteiger partial charge in [-0.3, -0.25) is 5.10 Å². The molecule has 0 radical (unpaired) electrons. The average Bonchev–Trinajstić information content (AvgIpc) is 2.62. The van der Waals surface area contributed by atoms with Crippen molar-refractivity contribution in [3.05, 3.63) is 11.4 Å². The zero-order chi connectivity index (χ0) is 12.2. The van der Waals surface area contributed by atoms with E-state index in [9.17, 15) is 5.11 Å². The fourth-order valence-electron chi connectivity index (χ4n) is 1.87. The lowest BCUT2D eigenvalue weighted by molar-refractivity contribution is 0.127. The zero-order valence-corrected chi connectivity index (χ0v) is 10.7. The van der Waals surface area contributed by atoms with Crippen molar-refractivity contribution in [3.8, 4) is 0 Å². The van der Waals surface area contributed by atoms with Crippen molar-refractivity contribution < 1.29 is 5.11 Å². The van der Waals surface area contributed by atoms with Gasteiger partial charge in [0.25, 0.3) is 0 Å². The summed E-state index contributed by atoms with van der Waals surface area (Å²) in [5.74, 6) is 0. The van der Waals surface area contributed by atoms with Crippen molar-refractivity contribution in [1.29, 1.82) is 0 Å². The number of nitrogens with zero attached hydrogens (tertiary/aromatic N) is 1. The monoisotopic (exact) mass is 225 g/mol. The van der Waals surface area contributed by atoms with Gasteiger partial charge in [-0.25, -0.2) is 0 Å². The van der Waals surface area contributed by atoms with Gasteiger partial charge < -0.3 is 10.4 Å². The summed E-state index contributed by atoms with van der Waals surface area (Å²) in [7, 11) is 0. The van der Waals surface area contributed by atoms with Crippen LogP contribution in [0, 0.1) is 19.3 Å². The van der Waals surface area contributed by atoms with Gasteiger partial charge in [-0.2, -0.15) is 5.10 Å². The molecule has 92 valence electrons. The molecule has 1 aromatic rings. The third-order valence-electron chi connectivity index (χ3n) is 3.60. The lowest BCUT2D eigenvalue weighted by Gasteiger charge is -2.30. The Kier molecular flexibility index (Phi) is 4.35. The molecule has 0 aliphatic heterocycles. The number of rotatable bonds is 6. The van der Waals surface area contributed by atoms with Gasteiger partial charge in [0.1, 0.15) is 0 Å². The minimum absolute atomic E-state index is 0.0177. The second kappa shape index (κ2) is 5.34. The van der Waals surface area contributed by atoms with Crippen LogP contribution in [-0.4, -0.2) is 28.5 Å². The number of anilines is 1. The number of aromatic nitrogens is 2. The standard InChI is InChI=1S/C12H23N3O/c1-5-12(6-2,8-16)7-13-11-9(3)14-15-10(11)4/h13,16H,5-8H2,1-4H3,(H,14,15). The summed E-state index contributed by atoms with van der Waals surface area (Å²) in [5.41, 5.74) is 3.09. The van der Waals surface area contributed by atoms with Gasteiger partial charge in [0.05, 0.1) is 23.7 Å². The Morgan fingerprint density at radius 3 is 2.31 bits per heavy atom. The van der Waals surface area contributed by atoms with E-state index in [0.29, 0.717) is 0 Å². The van der Waals surface area contributed by atoms with Crippen LogP contribution in [0.4, 0.5) is 5.69 Å². The first-order valence-electron chi connectivity index (χ1n) is 5.95. The minimum Gasteiger partial charge on any atom is -0.396 e. The van der Waals surface area contributed by atoms with E-state index in [1.807, 2.05) is 13.8 Å². The SMILES string of the molecule is CCC(CC)(CO)CNc1c(C)n[nH]c1C. The van der Waals surface area contributed by atoms with Crippen LogP contribution in [0.25, 0.3) is 0 Å². The molecule has 0 amide bonds. The lowest BCUT2D eigenvalue weighted by atomic mass is 9.83. The third-order valence-corrected chi connectivity index (χ3v) is 3.60. The summed E-state index contributed by atoms with van der Waals surface area (Å²) in [6, 6.07) is 0. The highest BCUT2D eigenvalue weighted by atomic mass is 16.3. The molecule has 1 heterocycles. The third kappa shape index (κ3) is 2.55. The van der Waals surface area contributed by atoms with Crippen LogP contribution in [0.5, 0.6) is 0 Å². The van der Waals surface area contributed by atoms with Crippen LogP contribution in [0.3, 0.4) is 0 Å². The number of nitrogens with one attached hydrogen (secondary N) is 2. The highest BCUT2D eigenvalue weighted by molar-refractivity contribution is 5.51. The van der Waals surface area contributed by atoms with Gasteiger partial charge in [0.15, 0.2) is 0 Å². The first-order chi connectivity index (χ1) is 7.58. The molecule has 4 nitrogen and oxygen atoms in total. The molecule has 3 N–H and O–H groups in total. The first-order valence-corrected chi connectivity index (χ1v) is 5.95. The molecule has 0 saturated heterocycles. The number of H-pyrrole nitrogens is 1. The van der Waals surface area contributed by atoms with Crippen molar-refractivity contribution in [2.45, 2.75) is 40.5 Å². The van der Waals surface area contributed by atoms with Crippen molar-refractivity contribution >= 4 is 5.69 Å². The van der Waals surface area contributed by atoms with Gasteiger partial charge in [0.2, 0.25) is 0 Å². The Hall–Kier alpha value is -1.03. The predicted octanol–water partition coefficient (Wildman–Crippen LogP) is 2.24. The molecule has 0 aliphatic carbocycles. The summed E-state index contributed by atoms with van der Waals surface area (Å²) in [6.45, 7) is 9.23. The lowest BCUT2D eigenvalue weighted by Crippen LogP contribution is -2.32. The van der Waals surface area contributed by atoms with Crippen LogP contribution in [0.15, 0.2) is 0 Å². The molecule has 4 heteroatoms. The Labute approximate surface area is 97.5 Å². The molecule has 0 atom stereocenters. The molecule has 0 fully saturated rings. The van der Waals surface area contributed by atoms with Crippen LogP contribution >= 0.6 is 0 Å². The second-order valence-electron chi connectivity index (χ2n) is 4.53. The Bertz CT molecular complexity index is 301. The van der Waals surface area contributed by atoms with E-state index in [4.69, 9.17) is 0 Å². The van der Waals surface area contributed by atoms with Gasteiger partial charge in [-0.15, -0.1) is 0 Å². The zero-order valence-electron chi connectivity index (χ0n) is 10.7. The summed E-state index contributed by atoms with van der Waals surface area (Å²) in [5, 5.41) is 20.0. The topological polar surface area (TPSA) is 60.9 Å². The summed E-state index contributed by atoms with van der Waals surface area (Å²) in [4.78, 5) is 0. The summed E-state index contributed by atoms with van der Waals surface area (Å²) < 4.78 is 0. The van der Waals surface area contributed by atoms with Gasteiger partial charge in [0, 0.05) is 12.0 Å². The van der Waals surface area contributed by atoms with Crippen LogP contribution in [0.2, 0.25) is 0 Å². The minimum atomic E-state index is -0.0177. The van der Waals surface area contributed by atoms with E-state index >= 15 is 0 Å². The number of aromatic amines is 1. The Balaban J connectivity index is 2.69. The van der Waals surface area contributed by atoms with E-state index < -0.39 is 0 Å². The molecule has 1 aromatic heterocycles. The molecule has 0 saturated carbocycles. The average molecular weight is 225 g/mol. The molecule has 0 unspecified atom stereocenters. The molecular formula is C12H23N3O. The second-order valence-corrected chi connectivity index (χ2v) is 4.53. The number of aliphatic hydroxyl groups is 1. The van der Waals surface area contributed by atoms with Crippen LogP contribution in [-0.2, 0) is 0 Å². The largest absolute Gasteiger partial charge is 0.396 e. The van der Waals surface area contributed by atoms with Crippen molar-refractivity contribution in [3.63, 3.8) is 0 Å². The molecule has 0 aromatic carbocycles. The fourth-order valence-corrected chi connectivity index (χ4v) is 1.87. The van der Waals surface area contributed by atoms with E-state index in [0.717, 1.165) is 36.5 Å².